The second kappa shape index (κ2) is 5.59. The number of hydrogen-bond acceptors (Lipinski definition) is 6. The van der Waals surface area contributed by atoms with Gasteiger partial charge in [-0.2, -0.15) is 0 Å². The molecule has 4 N–H and O–H groups in total. The van der Waals surface area contributed by atoms with Crippen LogP contribution >= 0.6 is 0 Å². The summed E-state index contributed by atoms with van der Waals surface area (Å²) in [5.41, 5.74) is -2.89. The van der Waals surface area contributed by atoms with E-state index in [0.717, 1.165) is 0 Å². The largest absolute Gasteiger partial charge is 0.479 e. The first kappa shape index (κ1) is 15.5. The lowest BCUT2D eigenvalue weighted by Gasteiger charge is -2.15. The molecule has 0 spiro atoms. The summed E-state index contributed by atoms with van der Waals surface area (Å²) in [4.78, 5) is 30.7. The molecule has 0 radical (unpaired) electrons. The van der Waals surface area contributed by atoms with Crippen LogP contribution in [0.2, 0.25) is 0 Å². The van der Waals surface area contributed by atoms with Gasteiger partial charge in [0.05, 0.1) is 4.92 Å². The lowest BCUT2D eigenvalue weighted by molar-refractivity contribution is -0.385. The Labute approximate surface area is 109 Å². The van der Waals surface area contributed by atoms with Gasteiger partial charge in [-0.25, -0.2) is 14.0 Å². The van der Waals surface area contributed by atoms with Gasteiger partial charge in [-0.15, -0.1) is 0 Å². The van der Waals surface area contributed by atoms with Crippen molar-refractivity contribution in [3.63, 3.8) is 0 Å². The highest BCUT2D eigenvalue weighted by Gasteiger charge is 2.31. The van der Waals surface area contributed by atoms with Crippen LogP contribution in [-0.4, -0.2) is 43.4 Å². The molecule has 0 bridgehead atoms. The Morgan fingerprint density at radius 1 is 1.25 bits per heavy atom. The summed E-state index contributed by atoms with van der Waals surface area (Å²) in [7, 11) is 0. The van der Waals surface area contributed by atoms with E-state index in [1.165, 1.54) is 0 Å². The Morgan fingerprint density at radius 2 is 1.80 bits per heavy atom. The molecule has 0 amide bonds. The number of carbonyl (C=O) groups is 2. The first-order chi connectivity index (χ1) is 9.16. The molecule has 0 heterocycles. The van der Waals surface area contributed by atoms with E-state index in [9.17, 15) is 29.2 Å². The summed E-state index contributed by atoms with van der Waals surface area (Å²) in [5.74, 6) is -5.03. The fourth-order valence-corrected chi connectivity index (χ4v) is 1.43. The number of halogens is 1. The first-order valence-corrected chi connectivity index (χ1v) is 4.96. The number of carboxylic acid groups (broad SMARTS) is 2. The predicted molar refractivity (Wildman–Crippen MR) is 58.6 cm³/mol. The summed E-state index contributed by atoms with van der Waals surface area (Å²) in [5, 5.41) is 46.3. The summed E-state index contributed by atoms with van der Waals surface area (Å²) in [6.45, 7) is 0. The quantitative estimate of drug-likeness (QED) is 0.432. The zero-order valence-electron chi connectivity index (χ0n) is 9.56. The highest BCUT2D eigenvalue weighted by Crippen LogP contribution is 2.28. The van der Waals surface area contributed by atoms with Crippen molar-refractivity contribution in [2.45, 2.75) is 12.2 Å². The van der Waals surface area contributed by atoms with Gasteiger partial charge in [0.15, 0.2) is 6.10 Å². The van der Waals surface area contributed by atoms with Gasteiger partial charge in [0.2, 0.25) is 0 Å². The number of aliphatic hydroxyl groups excluding tert-OH is 2. The SMILES string of the molecule is O=C(O)c1cc(F)c(C(O)C(O)C(=O)O)cc1[N+](=O)[O-]. The van der Waals surface area contributed by atoms with Gasteiger partial charge in [-0.1, -0.05) is 0 Å². The van der Waals surface area contributed by atoms with Crippen molar-refractivity contribution in [1.82, 2.24) is 0 Å². The van der Waals surface area contributed by atoms with E-state index in [4.69, 9.17) is 15.3 Å². The van der Waals surface area contributed by atoms with E-state index >= 15 is 0 Å². The van der Waals surface area contributed by atoms with Gasteiger partial charge in [-0.3, -0.25) is 10.1 Å². The zero-order valence-corrected chi connectivity index (χ0v) is 9.56. The van der Waals surface area contributed by atoms with Gasteiger partial charge in [0, 0.05) is 11.6 Å². The molecule has 9 nitrogen and oxygen atoms in total. The second-order valence-electron chi connectivity index (χ2n) is 3.68. The highest BCUT2D eigenvalue weighted by atomic mass is 19.1. The summed E-state index contributed by atoms with van der Waals surface area (Å²) in [6, 6.07) is 0.642. The van der Waals surface area contributed by atoms with Crippen LogP contribution in [0.3, 0.4) is 0 Å². The third-order valence-electron chi connectivity index (χ3n) is 2.41. The van der Waals surface area contributed by atoms with Gasteiger partial charge in [-0.05, 0) is 6.07 Å². The van der Waals surface area contributed by atoms with Crippen LogP contribution in [0.4, 0.5) is 10.1 Å². The van der Waals surface area contributed by atoms with Crippen molar-refractivity contribution in [2.24, 2.45) is 0 Å². The minimum atomic E-state index is -2.42. The molecule has 0 fully saturated rings. The maximum absolute atomic E-state index is 13.6. The maximum Gasteiger partial charge on any atom is 0.342 e. The molecule has 10 heteroatoms. The lowest BCUT2D eigenvalue weighted by Crippen LogP contribution is -2.28. The van der Waals surface area contributed by atoms with Crippen molar-refractivity contribution >= 4 is 17.6 Å². The van der Waals surface area contributed by atoms with Crippen LogP contribution < -0.4 is 0 Å². The number of nitro groups is 1. The molecule has 1 aromatic rings. The predicted octanol–water partition coefficient (Wildman–Crippen LogP) is -0.0890. The Balaban J connectivity index is 3.43. The minimum absolute atomic E-state index is 0.271. The van der Waals surface area contributed by atoms with E-state index < -0.39 is 51.7 Å². The Morgan fingerprint density at radius 3 is 2.20 bits per heavy atom. The van der Waals surface area contributed by atoms with Crippen molar-refractivity contribution in [3.05, 3.63) is 39.2 Å². The topological polar surface area (TPSA) is 158 Å². The van der Waals surface area contributed by atoms with E-state index in [1.54, 1.807) is 0 Å². The standard InChI is InChI=1S/C10H8FNO8/c11-5-1-4(9(15)16)6(12(19)20)2-3(5)7(13)8(14)10(17)18/h1-2,7-8,13-14H,(H,15,16)(H,17,18). The van der Waals surface area contributed by atoms with E-state index in [2.05, 4.69) is 0 Å². The molecule has 108 valence electrons. The van der Waals surface area contributed by atoms with Crippen molar-refractivity contribution in [3.8, 4) is 0 Å². The summed E-state index contributed by atoms with van der Waals surface area (Å²) in [6.07, 6.45) is -4.70. The number of benzene rings is 1. The van der Waals surface area contributed by atoms with Gasteiger partial charge >= 0.3 is 11.9 Å². The number of aromatic carboxylic acids is 1. The van der Waals surface area contributed by atoms with E-state index in [0.29, 0.717) is 6.07 Å². The van der Waals surface area contributed by atoms with Crippen LogP contribution in [0.5, 0.6) is 0 Å². The number of carboxylic acids is 2. The second-order valence-corrected chi connectivity index (χ2v) is 3.68. The molecule has 0 saturated heterocycles. The minimum Gasteiger partial charge on any atom is -0.479 e. The fraction of sp³-hybridized carbons (Fsp3) is 0.200. The lowest BCUT2D eigenvalue weighted by atomic mass is 10.0. The summed E-state index contributed by atoms with van der Waals surface area (Å²) < 4.78 is 13.6. The molecule has 0 saturated carbocycles. The average molecular weight is 289 g/mol. The maximum atomic E-state index is 13.6. The fourth-order valence-electron chi connectivity index (χ4n) is 1.43. The van der Waals surface area contributed by atoms with Crippen LogP contribution in [0.15, 0.2) is 12.1 Å². The number of rotatable bonds is 5. The summed E-state index contributed by atoms with van der Waals surface area (Å²) >= 11 is 0. The Kier molecular flexibility index (Phi) is 4.32. The van der Waals surface area contributed by atoms with Crippen LogP contribution in [0, 0.1) is 15.9 Å². The number of hydrogen-bond donors (Lipinski definition) is 4. The first-order valence-electron chi connectivity index (χ1n) is 4.96. The highest BCUT2D eigenvalue weighted by molar-refractivity contribution is 5.92. The smallest absolute Gasteiger partial charge is 0.342 e. The third kappa shape index (κ3) is 2.87. The van der Waals surface area contributed by atoms with Crippen LogP contribution in [-0.2, 0) is 4.79 Å². The van der Waals surface area contributed by atoms with E-state index in [-0.39, 0.29) is 6.07 Å². The molecule has 0 aromatic heterocycles. The Hall–Kier alpha value is -2.59. The zero-order chi connectivity index (χ0) is 15.6. The average Bonchev–Trinajstić information content (AvgIpc) is 2.35. The molecule has 0 aliphatic heterocycles. The van der Waals surface area contributed by atoms with Crippen LogP contribution in [0.1, 0.15) is 22.0 Å². The number of nitrogens with zero attached hydrogens (tertiary/aromatic N) is 1. The normalized spacial score (nSPS) is 13.6. The molecule has 0 aliphatic carbocycles. The van der Waals surface area contributed by atoms with Crippen molar-refractivity contribution in [1.29, 1.82) is 0 Å². The van der Waals surface area contributed by atoms with Gasteiger partial charge in [0.1, 0.15) is 17.5 Å². The number of aliphatic hydroxyl groups is 2. The third-order valence-corrected chi connectivity index (χ3v) is 2.41. The molecule has 20 heavy (non-hydrogen) atoms. The van der Waals surface area contributed by atoms with Crippen molar-refractivity contribution < 1.29 is 39.3 Å². The van der Waals surface area contributed by atoms with Gasteiger partial charge < -0.3 is 20.4 Å². The van der Waals surface area contributed by atoms with Gasteiger partial charge in [0.25, 0.3) is 5.69 Å². The molecule has 1 rings (SSSR count). The molecular weight excluding hydrogens is 281 g/mol. The molecule has 0 aliphatic rings. The molecule has 2 atom stereocenters. The molecular formula is C10H8FNO8. The molecule has 2 unspecified atom stereocenters. The van der Waals surface area contributed by atoms with Crippen molar-refractivity contribution in [2.75, 3.05) is 0 Å². The Bertz CT molecular complexity index is 587. The van der Waals surface area contributed by atoms with E-state index in [1.807, 2.05) is 0 Å². The number of nitro benzene ring substituents is 1. The molecule has 1 aromatic carbocycles. The number of aliphatic carboxylic acids is 1. The monoisotopic (exact) mass is 289 g/mol. The van der Waals surface area contributed by atoms with Crippen LogP contribution in [0.25, 0.3) is 0 Å².